The molecule has 1 fully saturated rings. The predicted molar refractivity (Wildman–Crippen MR) is 99.4 cm³/mol. The average molecular weight is 368 g/mol. The fraction of sp³-hybridized carbons (Fsp3) is 0.316. The van der Waals surface area contributed by atoms with E-state index >= 15 is 0 Å². The number of urea groups is 1. The van der Waals surface area contributed by atoms with Gasteiger partial charge in [-0.15, -0.1) is 5.10 Å². The molecule has 3 aromatic rings. The number of aromatic nitrogens is 4. The number of halogens is 1. The maximum absolute atomic E-state index is 14.0. The van der Waals surface area contributed by atoms with E-state index < -0.39 is 0 Å². The lowest BCUT2D eigenvalue weighted by atomic mass is 10.0. The van der Waals surface area contributed by atoms with Gasteiger partial charge in [0.05, 0.1) is 6.20 Å². The van der Waals surface area contributed by atoms with Gasteiger partial charge in [-0.05, 0) is 31.0 Å². The molecule has 8 heteroatoms. The van der Waals surface area contributed by atoms with Gasteiger partial charge in [-0.25, -0.2) is 13.9 Å². The summed E-state index contributed by atoms with van der Waals surface area (Å²) in [5.74, 6) is 0.341. The normalized spacial score (nSPS) is 16.7. The molecule has 4 rings (SSSR count). The van der Waals surface area contributed by atoms with Gasteiger partial charge in [-0.3, -0.25) is 10.00 Å². The molecule has 1 saturated heterocycles. The molecule has 7 nitrogen and oxygen atoms in total. The Morgan fingerprint density at radius 2 is 2.15 bits per heavy atom. The van der Waals surface area contributed by atoms with Gasteiger partial charge in [0.15, 0.2) is 5.82 Å². The SMILES string of the molecule is Cc1cc(NC(=O)N2CCC(c3cnn(C)c3)C2)nn1-c1ccccc1F. The van der Waals surface area contributed by atoms with Crippen LogP contribution in [0.2, 0.25) is 0 Å². The van der Waals surface area contributed by atoms with E-state index in [-0.39, 0.29) is 11.8 Å². The largest absolute Gasteiger partial charge is 0.324 e. The number of nitrogens with zero attached hydrogens (tertiary/aromatic N) is 5. The summed E-state index contributed by atoms with van der Waals surface area (Å²) in [6, 6.07) is 7.96. The first kappa shape index (κ1) is 17.3. The number of nitrogens with one attached hydrogen (secondary N) is 1. The molecule has 1 atom stereocenters. The Hall–Kier alpha value is -3.16. The van der Waals surface area contributed by atoms with Crippen molar-refractivity contribution in [3.63, 3.8) is 0 Å². The fourth-order valence-electron chi connectivity index (χ4n) is 3.46. The van der Waals surface area contributed by atoms with E-state index in [2.05, 4.69) is 15.5 Å². The Bertz CT molecular complexity index is 978. The van der Waals surface area contributed by atoms with Gasteiger partial charge in [0.25, 0.3) is 0 Å². The number of likely N-dealkylation sites (tertiary alicyclic amines) is 1. The smallest absolute Gasteiger partial charge is 0.323 e. The molecule has 1 aliphatic rings. The summed E-state index contributed by atoms with van der Waals surface area (Å²) in [4.78, 5) is 14.4. The molecule has 0 spiro atoms. The van der Waals surface area contributed by atoms with E-state index in [1.54, 1.807) is 33.8 Å². The highest BCUT2D eigenvalue weighted by atomic mass is 19.1. The molecular weight excluding hydrogens is 347 g/mol. The average Bonchev–Trinajstić information content (AvgIpc) is 3.35. The minimum Gasteiger partial charge on any atom is -0.324 e. The van der Waals surface area contributed by atoms with Crippen molar-refractivity contribution in [2.45, 2.75) is 19.3 Å². The highest BCUT2D eigenvalue weighted by molar-refractivity contribution is 5.88. The zero-order chi connectivity index (χ0) is 19.0. The van der Waals surface area contributed by atoms with Crippen molar-refractivity contribution in [2.75, 3.05) is 18.4 Å². The van der Waals surface area contributed by atoms with Crippen LogP contribution in [0.1, 0.15) is 23.6 Å². The second-order valence-corrected chi connectivity index (χ2v) is 6.84. The van der Waals surface area contributed by atoms with Gasteiger partial charge in [0.1, 0.15) is 11.5 Å². The van der Waals surface area contributed by atoms with Crippen molar-refractivity contribution in [2.24, 2.45) is 7.05 Å². The lowest BCUT2D eigenvalue weighted by Gasteiger charge is -2.16. The van der Waals surface area contributed by atoms with Crippen LogP contribution in [-0.4, -0.2) is 43.6 Å². The number of para-hydroxylation sites is 1. The number of hydrogen-bond acceptors (Lipinski definition) is 3. The summed E-state index contributed by atoms with van der Waals surface area (Å²) in [5.41, 5.74) is 2.24. The van der Waals surface area contributed by atoms with Crippen molar-refractivity contribution < 1.29 is 9.18 Å². The third-order valence-electron chi connectivity index (χ3n) is 4.87. The van der Waals surface area contributed by atoms with Crippen LogP contribution in [0.4, 0.5) is 15.0 Å². The zero-order valence-corrected chi connectivity index (χ0v) is 15.3. The van der Waals surface area contributed by atoms with Crippen molar-refractivity contribution in [1.29, 1.82) is 0 Å². The molecule has 0 bridgehead atoms. The third kappa shape index (κ3) is 3.42. The molecule has 1 N–H and O–H groups in total. The highest BCUT2D eigenvalue weighted by Crippen LogP contribution is 2.27. The standard InChI is InChI=1S/C19H21FN6O/c1-13-9-18(23-26(13)17-6-4-3-5-16(17)20)22-19(27)25-8-7-14(12-25)15-10-21-24(2)11-15/h3-6,9-11,14H,7-8,12H2,1-2H3,(H,22,23,27). The van der Waals surface area contributed by atoms with Crippen molar-refractivity contribution >= 4 is 11.8 Å². The van der Waals surface area contributed by atoms with Gasteiger partial charge in [0, 0.05) is 44.0 Å². The monoisotopic (exact) mass is 368 g/mol. The number of aryl methyl sites for hydroxylation is 2. The summed E-state index contributed by atoms with van der Waals surface area (Å²) in [7, 11) is 1.89. The first-order chi connectivity index (χ1) is 13.0. The van der Waals surface area contributed by atoms with E-state index in [0.717, 1.165) is 17.7 Å². The molecular formula is C19H21FN6O. The van der Waals surface area contributed by atoms with Crippen molar-refractivity contribution in [3.8, 4) is 5.69 Å². The van der Waals surface area contributed by atoms with Crippen LogP contribution in [0.25, 0.3) is 5.69 Å². The predicted octanol–water partition coefficient (Wildman–Crippen LogP) is 3.07. The molecule has 27 heavy (non-hydrogen) atoms. The Labute approximate surface area is 156 Å². The van der Waals surface area contributed by atoms with E-state index in [1.807, 2.05) is 26.4 Å². The van der Waals surface area contributed by atoms with E-state index in [1.165, 1.54) is 10.7 Å². The van der Waals surface area contributed by atoms with Crippen LogP contribution >= 0.6 is 0 Å². The summed E-state index contributed by atoms with van der Waals surface area (Å²) < 4.78 is 17.3. The van der Waals surface area contributed by atoms with Gasteiger partial charge < -0.3 is 4.90 Å². The Morgan fingerprint density at radius 3 is 2.89 bits per heavy atom. The maximum Gasteiger partial charge on any atom is 0.323 e. The van der Waals surface area contributed by atoms with Gasteiger partial charge in [-0.1, -0.05) is 12.1 Å². The quantitative estimate of drug-likeness (QED) is 0.773. The fourth-order valence-corrected chi connectivity index (χ4v) is 3.46. The molecule has 3 heterocycles. The molecule has 1 aliphatic heterocycles. The summed E-state index contributed by atoms with van der Waals surface area (Å²) >= 11 is 0. The zero-order valence-electron chi connectivity index (χ0n) is 15.3. The number of carbonyl (C=O) groups excluding carboxylic acids is 1. The van der Waals surface area contributed by atoms with Crippen LogP contribution in [0, 0.1) is 12.7 Å². The van der Waals surface area contributed by atoms with Gasteiger partial charge in [0.2, 0.25) is 0 Å². The molecule has 2 amide bonds. The minimum atomic E-state index is -0.361. The summed E-state index contributed by atoms with van der Waals surface area (Å²) in [5, 5.41) is 11.4. The Morgan fingerprint density at radius 1 is 1.33 bits per heavy atom. The number of hydrogen-bond donors (Lipinski definition) is 1. The third-order valence-corrected chi connectivity index (χ3v) is 4.87. The van der Waals surface area contributed by atoms with Crippen LogP contribution in [-0.2, 0) is 7.05 Å². The molecule has 1 aromatic carbocycles. The Balaban J connectivity index is 1.45. The first-order valence-corrected chi connectivity index (χ1v) is 8.87. The summed E-state index contributed by atoms with van der Waals surface area (Å²) in [6.07, 6.45) is 4.75. The first-order valence-electron chi connectivity index (χ1n) is 8.87. The summed E-state index contributed by atoms with van der Waals surface area (Å²) in [6.45, 7) is 3.15. The topological polar surface area (TPSA) is 68.0 Å². The van der Waals surface area contributed by atoms with Crippen LogP contribution in [0.3, 0.4) is 0 Å². The highest BCUT2D eigenvalue weighted by Gasteiger charge is 2.28. The molecule has 2 aromatic heterocycles. The number of anilines is 1. The Kier molecular flexibility index (Phi) is 4.39. The van der Waals surface area contributed by atoms with Gasteiger partial charge >= 0.3 is 6.03 Å². The second kappa shape index (κ2) is 6.86. The van der Waals surface area contributed by atoms with Crippen LogP contribution in [0.15, 0.2) is 42.7 Å². The lowest BCUT2D eigenvalue weighted by Crippen LogP contribution is -2.33. The number of carbonyl (C=O) groups is 1. The van der Waals surface area contributed by atoms with Gasteiger partial charge in [-0.2, -0.15) is 5.10 Å². The van der Waals surface area contributed by atoms with E-state index in [0.29, 0.717) is 30.5 Å². The molecule has 140 valence electrons. The molecule has 0 saturated carbocycles. The molecule has 0 radical (unpaired) electrons. The van der Waals surface area contributed by atoms with Crippen molar-refractivity contribution in [3.05, 3.63) is 59.8 Å². The lowest BCUT2D eigenvalue weighted by molar-refractivity contribution is 0.222. The number of benzene rings is 1. The van der Waals surface area contributed by atoms with Crippen LogP contribution in [0.5, 0.6) is 0 Å². The number of amides is 2. The molecule has 1 unspecified atom stereocenters. The van der Waals surface area contributed by atoms with E-state index in [9.17, 15) is 9.18 Å². The van der Waals surface area contributed by atoms with E-state index in [4.69, 9.17) is 0 Å². The molecule has 0 aliphatic carbocycles. The number of rotatable bonds is 3. The van der Waals surface area contributed by atoms with Crippen LogP contribution < -0.4 is 5.32 Å². The van der Waals surface area contributed by atoms with Crippen molar-refractivity contribution in [1.82, 2.24) is 24.5 Å². The second-order valence-electron chi connectivity index (χ2n) is 6.84. The maximum atomic E-state index is 14.0. The minimum absolute atomic E-state index is 0.195.